The molecule has 0 fully saturated rings. The molecule has 0 amide bonds. The number of phenolic OH excluding ortho intramolecular Hbond substituents is 1. The number of benzene rings is 1. The van der Waals surface area contributed by atoms with Gasteiger partial charge in [-0.2, -0.15) is 0 Å². The molecule has 0 aliphatic heterocycles. The van der Waals surface area contributed by atoms with E-state index in [1.54, 1.807) is 18.3 Å². The van der Waals surface area contributed by atoms with Crippen LogP contribution in [-0.4, -0.2) is 21.7 Å². The average Bonchev–Trinajstić information content (AvgIpc) is 2.51. The van der Waals surface area contributed by atoms with Gasteiger partial charge in [-0.3, -0.25) is 0 Å². The Bertz CT molecular complexity index is 801. The Morgan fingerprint density at radius 1 is 1.18 bits per heavy atom. The average molecular weight is 295 g/mol. The molecule has 112 valence electrons. The van der Waals surface area contributed by atoms with E-state index in [1.807, 2.05) is 38.1 Å². The van der Waals surface area contributed by atoms with Crippen LogP contribution < -0.4 is 10.1 Å². The van der Waals surface area contributed by atoms with Crippen LogP contribution in [0, 0.1) is 6.92 Å². The lowest BCUT2D eigenvalue weighted by Crippen LogP contribution is -1.99. The number of hydrogen-bond donors (Lipinski definition) is 2. The van der Waals surface area contributed by atoms with Crippen LogP contribution in [0.1, 0.15) is 12.6 Å². The second-order valence-corrected chi connectivity index (χ2v) is 4.91. The van der Waals surface area contributed by atoms with Gasteiger partial charge in [0.25, 0.3) is 0 Å². The van der Waals surface area contributed by atoms with Crippen molar-refractivity contribution in [1.82, 2.24) is 9.97 Å². The Balaban J connectivity index is 2.04. The van der Waals surface area contributed by atoms with Gasteiger partial charge < -0.3 is 15.2 Å². The van der Waals surface area contributed by atoms with Gasteiger partial charge in [0.15, 0.2) is 5.65 Å². The number of rotatable bonds is 4. The summed E-state index contributed by atoms with van der Waals surface area (Å²) in [5.74, 6) is 0.998. The van der Waals surface area contributed by atoms with Gasteiger partial charge >= 0.3 is 0 Å². The third-order valence-corrected chi connectivity index (χ3v) is 3.32. The Morgan fingerprint density at radius 3 is 2.68 bits per heavy atom. The number of hydrogen-bond acceptors (Lipinski definition) is 5. The number of aromatic hydroxyl groups is 1. The Labute approximate surface area is 128 Å². The number of nitrogens with one attached hydrogen (secondary N) is 1. The van der Waals surface area contributed by atoms with Gasteiger partial charge in [0.1, 0.15) is 11.5 Å². The van der Waals surface area contributed by atoms with Crippen molar-refractivity contribution in [2.24, 2.45) is 0 Å². The van der Waals surface area contributed by atoms with E-state index in [4.69, 9.17) is 4.74 Å². The van der Waals surface area contributed by atoms with Gasteiger partial charge in [-0.05, 0) is 50.2 Å². The predicted molar refractivity (Wildman–Crippen MR) is 86.8 cm³/mol. The lowest BCUT2D eigenvalue weighted by Gasteiger charge is -2.12. The van der Waals surface area contributed by atoms with Gasteiger partial charge in [0.05, 0.1) is 18.0 Å². The van der Waals surface area contributed by atoms with Crippen LogP contribution in [0.2, 0.25) is 0 Å². The predicted octanol–water partition coefficient (Wildman–Crippen LogP) is 3.79. The normalized spacial score (nSPS) is 10.6. The third-order valence-electron chi connectivity index (χ3n) is 3.32. The second kappa shape index (κ2) is 5.89. The SMILES string of the molecule is CCOc1cc2c(Nc3ccc(O)cc3)ccnc2nc1C. The molecule has 22 heavy (non-hydrogen) atoms. The van der Waals surface area contributed by atoms with Crippen molar-refractivity contribution in [3.63, 3.8) is 0 Å². The van der Waals surface area contributed by atoms with E-state index in [0.717, 1.165) is 28.2 Å². The Hall–Kier alpha value is -2.82. The molecule has 2 heterocycles. The van der Waals surface area contributed by atoms with Crippen LogP contribution in [0.5, 0.6) is 11.5 Å². The fourth-order valence-electron chi connectivity index (χ4n) is 2.25. The van der Waals surface area contributed by atoms with Crippen LogP contribution in [0.4, 0.5) is 11.4 Å². The van der Waals surface area contributed by atoms with Gasteiger partial charge in [-0.25, -0.2) is 9.97 Å². The molecular weight excluding hydrogens is 278 g/mol. The smallest absolute Gasteiger partial charge is 0.161 e. The van der Waals surface area contributed by atoms with Crippen LogP contribution in [0.15, 0.2) is 42.6 Å². The highest BCUT2D eigenvalue weighted by Crippen LogP contribution is 2.29. The zero-order chi connectivity index (χ0) is 15.5. The summed E-state index contributed by atoms with van der Waals surface area (Å²) in [4.78, 5) is 8.81. The van der Waals surface area contributed by atoms with E-state index in [9.17, 15) is 5.11 Å². The molecule has 5 nitrogen and oxygen atoms in total. The maximum atomic E-state index is 9.36. The summed E-state index contributed by atoms with van der Waals surface area (Å²) in [7, 11) is 0. The van der Waals surface area contributed by atoms with Crippen LogP contribution in [0.3, 0.4) is 0 Å². The molecule has 0 aliphatic carbocycles. The van der Waals surface area contributed by atoms with Gasteiger partial charge in [-0.15, -0.1) is 0 Å². The zero-order valence-corrected chi connectivity index (χ0v) is 12.5. The molecule has 5 heteroatoms. The molecule has 0 bridgehead atoms. The summed E-state index contributed by atoms with van der Waals surface area (Å²) < 4.78 is 5.61. The first-order chi connectivity index (χ1) is 10.7. The summed E-state index contributed by atoms with van der Waals surface area (Å²) in [5, 5.41) is 13.6. The molecule has 2 N–H and O–H groups in total. The van der Waals surface area contributed by atoms with E-state index in [0.29, 0.717) is 12.3 Å². The number of anilines is 2. The maximum Gasteiger partial charge on any atom is 0.161 e. The zero-order valence-electron chi connectivity index (χ0n) is 12.5. The number of nitrogens with zero attached hydrogens (tertiary/aromatic N) is 2. The minimum Gasteiger partial charge on any atom is -0.508 e. The standard InChI is InChI=1S/C17H17N3O2/c1-3-22-16-10-14-15(8-9-18-17(14)19-11(16)2)20-12-4-6-13(21)7-5-12/h4-10,21H,3H2,1-2H3,(H,18,19,20). The number of aryl methyl sites for hydroxylation is 1. The van der Waals surface area contributed by atoms with Crippen molar-refractivity contribution in [2.75, 3.05) is 11.9 Å². The largest absolute Gasteiger partial charge is 0.508 e. The van der Waals surface area contributed by atoms with Crippen LogP contribution >= 0.6 is 0 Å². The monoisotopic (exact) mass is 295 g/mol. The molecular formula is C17H17N3O2. The van der Waals surface area contributed by atoms with Crippen molar-refractivity contribution in [2.45, 2.75) is 13.8 Å². The summed E-state index contributed by atoms with van der Waals surface area (Å²) in [5.41, 5.74) is 3.27. The molecule has 0 saturated heterocycles. The van der Waals surface area contributed by atoms with Crippen molar-refractivity contribution >= 4 is 22.4 Å². The first-order valence-electron chi connectivity index (χ1n) is 7.12. The number of pyridine rings is 2. The van der Waals surface area contributed by atoms with Crippen molar-refractivity contribution < 1.29 is 9.84 Å². The molecule has 0 aliphatic rings. The van der Waals surface area contributed by atoms with Gasteiger partial charge in [-0.1, -0.05) is 0 Å². The number of aromatic nitrogens is 2. The van der Waals surface area contributed by atoms with Gasteiger partial charge in [0, 0.05) is 17.3 Å². The lowest BCUT2D eigenvalue weighted by atomic mass is 10.2. The first-order valence-corrected chi connectivity index (χ1v) is 7.12. The van der Waals surface area contributed by atoms with E-state index in [-0.39, 0.29) is 5.75 Å². The highest BCUT2D eigenvalue weighted by molar-refractivity contribution is 5.91. The molecule has 0 atom stereocenters. The van der Waals surface area contributed by atoms with Crippen molar-refractivity contribution in [1.29, 1.82) is 0 Å². The van der Waals surface area contributed by atoms with Crippen LogP contribution in [0.25, 0.3) is 11.0 Å². The Kier molecular flexibility index (Phi) is 3.78. The highest BCUT2D eigenvalue weighted by atomic mass is 16.5. The minimum absolute atomic E-state index is 0.237. The quantitative estimate of drug-likeness (QED) is 0.717. The van der Waals surface area contributed by atoms with E-state index in [2.05, 4.69) is 15.3 Å². The maximum absolute atomic E-state index is 9.36. The summed E-state index contributed by atoms with van der Waals surface area (Å²) in [6.07, 6.45) is 1.72. The van der Waals surface area contributed by atoms with Gasteiger partial charge in [0.2, 0.25) is 0 Å². The molecule has 1 aromatic carbocycles. The van der Waals surface area contributed by atoms with E-state index < -0.39 is 0 Å². The van der Waals surface area contributed by atoms with E-state index >= 15 is 0 Å². The number of fused-ring (bicyclic) bond motifs is 1. The summed E-state index contributed by atoms with van der Waals surface area (Å²) in [6, 6.07) is 10.7. The molecule has 2 aromatic heterocycles. The molecule has 3 rings (SSSR count). The van der Waals surface area contributed by atoms with Crippen molar-refractivity contribution in [3.8, 4) is 11.5 Å². The highest BCUT2D eigenvalue weighted by Gasteiger charge is 2.09. The minimum atomic E-state index is 0.237. The number of ether oxygens (including phenoxy) is 1. The molecule has 0 unspecified atom stereocenters. The summed E-state index contributed by atoms with van der Waals surface area (Å²) >= 11 is 0. The third kappa shape index (κ3) is 2.79. The fourth-order valence-corrected chi connectivity index (χ4v) is 2.25. The molecule has 0 saturated carbocycles. The van der Waals surface area contributed by atoms with Crippen LogP contribution in [-0.2, 0) is 0 Å². The first kappa shape index (κ1) is 14.1. The fraction of sp³-hybridized carbons (Fsp3) is 0.176. The second-order valence-electron chi connectivity index (χ2n) is 4.91. The number of phenols is 1. The van der Waals surface area contributed by atoms with Crippen molar-refractivity contribution in [3.05, 3.63) is 48.3 Å². The molecule has 0 radical (unpaired) electrons. The molecule has 0 spiro atoms. The Morgan fingerprint density at radius 2 is 1.95 bits per heavy atom. The van der Waals surface area contributed by atoms with E-state index in [1.165, 1.54) is 0 Å². The molecule has 3 aromatic rings. The lowest BCUT2D eigenvalue weighted by molar-refractivity contribution is 0.337. The topological polar surface area (TPSA) is 67.3 Å². The summed E-state index contributed by atoms with van der Waals surface area (Å²) in [6.45, 7) is 4.45.